The molecule has 1 rings (SSSR count). The summed E-state index contributed by atoms with van der Waals surface area (Å²) in [5.74, 6) is -1.42. The van der Waals surface area contributed by atoms with E-state index in [0.717, 1.165) is 5.56 Å². The first-order chi connectivity index (χ1) is 6.43. The Morgan fingerprint density at radius 2 is 2.14 bits per heavy atom. The number of hydrogen-bond acceptors (Lipinski definition) is 3. The molecule has 0 bridgehead atoms. The highest BCUT2D eigenvalue weighted by Crippen LogP contribution is 2.31. The van der Waals surface area contributed by atoms with Gasteiger partial charge in [0.15, 0.2) is 0 Å². The lowest BCUT2D eigenvalue weighted by Gasteiger charge is -2.11. The molecule has 4 N–H and O–H groups in total. The number of phenolic OH excluding ortho intramolecular Hbond substituents is 1. The third kappa shape index (κ3) is 1.97. The third-order valence-corrected chi connectivity index (χ3v) is 2.14. The smallest absolute Gasteiger partial charge is 0.325 e. The summed E-state index contributed by atoms with van der Waals surface area (Å²) in [5.41, 5.74) is 6.14. The molecular weight excluding hydrogens is 206 g/mol. The molecular formula is C9H10ClNO3. The van der Waals surface area contributed by atoms with E-state index >= 15 is 0 Å². The number of benzene rings is 1. The maximum absolute atomic E-state index is 10.6. The molecule has 1 aromatic carbocycles. The average molecular weight is 216 g/mol. The first-order valence-electron chi connectivity index (χ1n) is 3.91. The zero-order chi connectivity index (χ0) is 10.9. The van der Waals surface area contributed by atoms with Gasteiger partial charge in [-0.05, 0) is 24.6 Å². The summed E-state index contributed by atoms with van der Waals surface area (Å²) in [7, 11) is 0. The van der Waals surface area contributed by atoms with Crippen molar-refractivity contribution in [2.45, 2.75) is 13.0 Å². The van der Waals surface area contributed by atoms with Gasteiger partial charge in [0.05, 0.1) is 0 Å². The Bertz CT molecular complexity index is 355. The van der Waals surface area contributed by atoms with Crippen molar-refractivity contribution in [3.05, 3.63) is 28.3 Å². The van der Waals surface area contributed by atoms with Gasteiger partial charge in [-0.25, -0.2) is 0 Å². The summed E-state index contributed by atoms with van der Waals surface area (Å²) in [4.78, 5) is 10.6. The normalized spacial score (nSPS) is 12.5. The van der Waals surface area contributed by atoms with E-state index in [1.165, 1.54) is 6.07 Å². The summed E-state index contributed by atoms with van der Waals surface area (Å²) >= 11 is 5.77. The Morgan fingerprint density at radius 3 is 2.57 bits per heavy atom. The number of nitrogens with two attached hydrogens (primary N) is 1. The number of hydrogen-bond donors (Lipinski definition) is 3. The molecule has 0 spiro atoms. The number of carbonyl (C=O) groups is 1. The van der Waals surface area contributed by atoms with Crippen LogP contribution in [0.25, 0.3) is 0 Å². The predicted molar refractivity (Wildman–Crippen MR) is 52.4 cm³/mol. The van der Waals surface area contributed by atoms with Crippen molar-refractivity contribution in [1.82, 2.24) is 0 Å². The summed E-state index contributed by atoms with van der Waals surface area (Å²) in [5, 5.41) is 18.3. The predicted octanol–water partition coefficient (Wildman–Crippen LogP) is 1.44. The molecule has 14 heavy (non-hydrogen) atoms. The lowest BCUT2D eigenvalue weighted by molar-refractivity contribution is -0.138. The van der Waals surface area contributed by atoms with E-state index in [-0.39, 0.29) is 16.3 Å². The molecule has 1 unspecified atom stereocenters. The second-order valence-electron chi connectivity index (χ2n) is 3.00. The van der Waals surface area contributed by atoms with Crippen LogP contribution < -0.4 is 5.73 Å². The second-order valence-corrected chi connectivity index (χ2v) is 3.40. The Labute approximate surface area is 85.9 Å². The molecule has 1 aromatic rings. The van der Waals surface area contributed by atoms with Gasteiger partial charge in [-0.3, -0.25) is 4.79 Å². The van der Waals surface area contributed by atoms with Crippen molar-refractivity contribution in [1.29, 1.82) is 0 Å². The number of rotatable bonds is 2. The maximum Gasteiger partial charge on any atom is 0.325 e. The topological polar surface area (TPSA) is 83.5 Å². The fourth-order valence-corrected chi connectivity index (χ4v) is 1.55. The van der Waals surface area contributed by atoms with E-state index in [9.17, 15) is 9.90 Å². The van der Waals surface area contributed by atoms with Crippen molar-refractivity contribution in [3.8, 4) is 5.75 Å². The number of aliphatic carboxylic acids is 1. The average Bonchev–Trinajstić information content (AvgIpc) is 2.01. The van der Waals surface area contributed by atoms with Crippen LogP contribution in [0.1, 0.15) is 17.2 Å². The third-order valence-electron chi connectivity index (χ3n) is 1.83. The minimum atomic E-state index is -1.30. The van der Waals surface area contributed by atoms with Crippen LogP contribution in [0.4, 0.5) is 0 Å². The monoisotopic (exact) mass is 215 g/mol. The van der Waals surface area contributed by atoms with Crippen LogP contribution in [0.2, 0.25) is 5.02 Å². The molecule has 0 aliphatic rings. The minimum Gasteiger partial charge on any atom is -0.508 e. The molecule has 5 heteroatoms. The molecule has 0 aliphatic carbocycles. The minimum absolute atomic E-state index is 0.0461. The molecule has 0 amide bonds. The Hall–Kier alpha value is -1.26. The SMILES string of the molecule is Cc1cc(O)c(C(N)C(=O)O)c(Cl)c1. The van der Waals surface area contributed by atoms with E-state index in [1.54, 1.807) is 13.0 Å². The van der Waals surface area contributed by atoms with E-state index in [0.29, 0.717) is 0 Å². The Balaban J connectivity index is 3.27. The van der Waals surface area contributed by atoms with E-state index in [4.69, 9.17) is 22.4 Å². The molecule has 76 valence electrons. The van der Waals surface area contributed by atoms with Crippen LogP contribution in [-0.2, 0) is 4.79 Å². The van der Waals surface area contributed by atoms with Gasteiger partial charge in [0.25, 0.3) is 0 Å². The number of aromatic hydroxyl groups is 1. The summed E-state index contributed by atoms with van der Waals surface area (Å²) in [6.07, 6.45) is 0. The van der Waals surface area contributed by atoms with Crippen LogP contribution in [0.5, 0.6) is 5.75 Å². The molecule has 1 atom stereocenters. The fraction of sp³-hybridized carbons (Fsp3) is 0.222. The van der Waals surface area contributed by atoms with Gasteiger partial charge in [0.1, 0.15) is 11.8 Å². The number of carboxylic acids is 1. The Kier molecular flexibility index (Phi) is 2.98. The van der Waals surface area contributed by atoms with Gasteiger partial charge >= 0.3 is 5.97 Å². The quantitative estimate of drug-likeness (QED) is 0.697. The highest BCUT2D eigenvalue weighted by atomic mass is 35.5. The van der Waals surface area contributed by atoms with Crippen molar-refractivity contribution in [3.63, 3.8) is 0 Å². The van der Waals surface area contributed by atoms with Crippen molar-refractivity contribution in [2.24, 2.45) is 5.73 Å². The molecule has 0 heterocycles. The standard InChI is InChI=1S/C9H10ClNO3/c1-4-2-5(10)7(6(12)3-4)8(11)9(13)14/h2-3,8,12H,11H2,1H3,(H,13,14). The Morgan fingerprint density at radius 1 is 1.57 bits per heavy atom. The van der Waals surface area contributed by atoms with Crippen molar-refractivity contribution in [2.75, 3.05) is 0 Å². The van der Waals surface area contributed by atoms with Crippen LogP contribution in [0, 0.1) is 6.92 Å². The molecule has 0 saturated heterocycles. The highest BCUT2D eigenvalue weighted by molar-refractivity contribution is 6.32. The van der Waals surface area contributed by atoms with Crippen molar-refractivity contribution >= 4 is 17.6 Å². The lowest BCUT2D eigenvalue weighted by atomic mass is 10.0. The van der Waals surface area contributed by atoms with Gasteiger partial charge in [-0.1, -0.05) is 11.6 Å². The van der Waals surface area contributed by atoms with Gasteiger partial charge in [0.2, 0.25) is 0 Å². The largest absolute Gasteiger partial charge is 0.508 e. The second kappa shape index (κ2) is 3.86. The van der Waals surface area contributed by atoms with Gasteiger partial charge in [-0.2, -0.15) is 0 Å². The van der Waals surface area contributed by atoms with Crippen molar-refractivity contribution < 1.29 is 15.0 Å². The van der Waals surface area contributed by atoms with Crippen LogP contribution in [-0.4, -0.2) is 16.2 Å². The van der Waals surface area contributed by atoms with E-state index in [1.807, 2.05) is 0 Å². The molecule has 0 aromatic heterocycles. The van der Waals surface area contributed by atoms with E-state index < -0.39 is 12.0 Å². The number of halogens is 1. The molecule has 0 fully saturated rings. The van der Waals surface area contributed by atoms with Gasteiger partial charge in [0, 0.05) is 10.6 Å². The summed E-state index contributed by atoms with van der Waals surface area (Å²) in [6.45, 7) is 1.74. The number of carboxylic acid groups (broad SMARTS) is 1. The van der Waals surface area contributed by atoms with Gasteiger partial charge < -0.3 is 15.9 Å². The fourth-order valence-electron chi connectivity index (χ4n) is 1.17. The number of aryl methyl sites for hydroxylation is 1. The maximum atomic E-state index is 10.6. The van der Waals surface area contributed by atoms with Crippen LogP contribution in [0.15, 0.2) is 12.1 Å². The first-order valence-corrected chi connectivity index (χ1v) is 4.28. The molecule has 4 nitrogen and oxygen atoms in total. The van der Waals surface area contributed by atoms with Crippen LogP contribution in [0.3, 0.4) is 0 Å². The summed E-state index contributed by atoms with van der Waals surface area (Å²) < 4.78 is 0. The lowest BCUT2D eigenvalue weighted by Crippen LogP contribution is -2.21. The molecule has 0 saturated carbocycles. The zero-order valence-electron chi connectivity index (χ0n) is 7.49. The number of phenols is 1. The molecule has 0 aliphatic heterocycles. The van der Waals surface area contributed by atoms with Gasteiger partial charge in [-0.15, -0.1) is 0 Å². The first kappa shape index (κ1) is 10.8. The highest BCUT2D eigenvalue weighted by Gasteiger charge is 2.21. The zero-order valence-corrected chi connectivity index (χ0v) is 8.25. The van der Waals surface area contributed by atoms with Crippen LogP contribution >= 0.6 is 11.6 Å². The molecule has 0 radical (unpaired) electrons. The summed E-state index contributed by atoms with van der Waals surface area (Å²) in [6, 6.07) is 1.67. The van der Waals surface area contributed by atoms with E-state index in [2.05, 4.69) is 0 Å².